The zero-order valence-electron chi connectivity index (χ0n) is 17.6. The number of hydrogen-bond donors (Lipinski definition) is 2. The summed E-state index contributed by atoms with van der Waals surface area (Å²) < 4.78 is 62.3. The van der Waals surface area contributed by atoms with Crippen LogP contribution in [0.2, 0.25) is 0 Å². The molecule has 0 unspecified atom stereocenters. The summed E-state index contributed by atoms with van der Waals surface area (Å²) in [7, 11) is -3.88. The van der Waals surface area contributed by atoms with Gasteiger partial charge in [-0.15, -0.1) is 5.10 Å². The molecule has 0 radical (unpaired) electrons. The number of rotatable bonds is 8. The van der Waals surface area contributed by atoms with Crippen LogP contribution in [0.25, 0.3) is 11.3 Å². The van der Waals surface area contributed by atoms with Crippen molar-refractivity contribution in [2.24, 2.45) is 0 Å². The van der Waals surface area contributed by atoms with E-state index in [1.165, 1.54) is 18.2 Å². The van der Waals surface area contributed by atoms with Gasteiger partial charge in [0.15, 0.2) is 0 Å². The van der Waals surface area contributed by atoms with E-state index < -0.39 is 28.0 Å². The SMILES string of the molecule is O=S(=O)(N[C@@H]1CC[C@@H](CCn2cc(-c3ccccc3F)nn2)O[C@H]1CO)c1ccc(F)cc1. The molecule has 4 rings (SSSR count). The predicted molar refractivity (Wildman–Crippen MR) is 116 cm³/mol. The fraction of sp³-hybridized carbons (Fsp3) is 0.364. The Morgan fingerprint density at radius 2 is 1.88 bits per heavy atom. The van der Waals surface area contributed by atoms with E-state index in [4.69, 9.17) is 4.74 Å². The van der Waals surface area contributed by atoms with Crippen molar-refractivity contribution < 1.29 is 27.0 Å². The average molecular weight is 479 g/mol. The summed E-state index contributed by atoms with van der Waals surface area (Å²) >= 11 is 0. The maximum Gasteiger partial charge on any atom is 0.240 e. The van der Waals surface area contributed by atoms with Crippen LogP contribution < -0.4 is 4.72 Å². The molecule has 0 aliphatic carbocycles. The molecule has 0 amide bonds. The predicted octanol–water partition coefficient (Wildman–Crippen LogP) is 2.50. The van der Waals surface area contributed by atoms with Gasteiger partial charge in [0.05, 0.1) is 35.9 Å². The van der Waals surface area contributed by atoms with Crippen LogP contribution in [-0.2, 0) is 21.3 Å². The lowest BCUT2D eigenvalue weighted by atomic mass is 9.98. The summed E-state index contributed by atoms with van der Waals surface area (Å²) in [5.41, 5.74) is 0.801. The Labute approximate surface area is 190 Å². The third kappa shape index (κ3) is 5.61. The van der Waals surface area contributed by atoms with E-state index in [9.17, 15) is 22.3 Å². The summed E-state index contributed by atoms with van der Waals surface area (Å²) in [5, 5.41) is 17.8. The largest absolute Gasteiger partial charge is 0.394 e. The standard InChI is InChI=1S/C22H24F2N4O4S/c23-15-5-8-17(9-6-15)33(30,31)26-20-10-7-16(32-22(20)14-29)11-12-28-13-21(25-27-28)18-3-1-2-4-19(18)24/h1-6,8-9,13,16,20,22,26,29H,7,10-12,14H2/t16-,20+,22-/m0/s1. The van der Waals surface area contributed by atoms with Crippen LogP contribution in [0.4, 0.5) is 8.78 Å². The number of aliphatic hydroxyl groups is 1. The molecule has 1 fully saturated rings. The van der Waals surface area contributed by atoms with Crippen LogP contribution in [0, 0.1) is 11.6 Å². The molecule has 1 saturated heterocycles. The first-order valence-corrected chi connectivity index (χ1v) is 12.0. The van der Waals surface area contributed by atoms with E-state index in [-0.39, 0.29) is 23.4 Å². The van der Waals surface area contributed by atoms with Gasteiger partial charge in [0.25, 0.3) is 0 Å². The molecule has 11 heteroatoms. The van der Waals surface area contributed by atoms with Crippen LogP contribution in [0.15, 0.2) is 59.6 Å². The van der Waals surface area contributed by atoms with Crippen molar-refractivity contribution in [2.75, 3.05) is 6.61 Å². The zero-order chi connectivity index (χ0) is 23.4. The molecule has 1 aliphatic heterocycles. The van der Waals surface area contributed by atoms with Crippen molar-refractivity contribution in [2.45, 2.75) is 49.0 Å². The van der Waals surface area contributed by atoms with Gasteiger partial charge >= 0.3 is 0 Å². The van der Waals surface area contributed by atoms with Crippen LogP contribution in [-0.4, -0.2) is 53.4 Å². The Hall–Kier alpha value is -2.73. The van der Waals surface area contributed by atoms with Crippen molar-refractivity contribution >= 4 is 10.0 Å². The number of benzene rings is 2. The minimum atomic E-state index is -3.88. The molecule has 3 aromatic rings. The third-order valence-electron chi connectivity index (χ3n) is 5.59. The number of nitrogens with zero attached hydrogens (tertiary/aromatic N) is 3. The Bertz CT molecular complexity index is 1190. The van der Waals surface area contributed by atoms with Gasteiger partial charge in [-0.3, -0.25) is 4.68 Å². The number of sulfonamides is 1. The van der Waals surface area contributed by atoms with E-state index >= 15 is 0 Å². The van der Waals surface area contributed by atoms with Gasteiger partial charge in [0.2, 0.25) is 10.0 Å². The highest BCUT2D eigenvalue weighted by Crippen LogP contribution is 2.25. The second-order valence-electron chi connectivity index (χ2n) is 7.87. The summed E-state index contributed by atoms with van der Waals surface area (Å²) in [6.07, 6.45) is 2.33. The lowest BCUT2D eigenvalue weighted by Gasteiger charge is -2.36. The second-order valence-corrected chi connectivity index (χ2v) is 9.59. The van der Waals surface area contributed by atoms with E-state index in [1.54, 1.807) is 29.1 Å². The number of aliphatic hydroxyl groups excluding tert-OH is 1. The van der Waals surface area contributed by atoms with E-state index in [2.05, 4.69) is 15.0 Å². The van der Waals surface area contributed by atoms with Crippen LogP contribution >= 0.6 is 0 Å². The minimum absolute atomic E-state index is 0.0560. The molecule has 1 aliphatic rings. The molecule has 8 nitrogen and oxygen atoms in total. The van der Waals surface area contributed by atoms with Gasteiger partial charge in [-0.05, 0) is 55.7 Å². The van der Waals surface area contributed by atoms with Gasteiger partial charge in [-0.2, -0.15) is 0 Å². The number of nitrogens with one attached hydrogen (secondary N) is 1. The highest BCUT2D eigenvalue weighted by molar-refractivity contribution is 7.89. The lowest BCUT2D eigenvalue weighted by molar-refractivity contribution is -0.0891. The van der Waals surface area contributed by atoms with Crippen molar-refractivity contribution in [1.82, 2.24) is 19.7 Å². The first kappa shape index (κ1) is 23.4. The highest BCUT2D eigenvalue weighted by Gasteiger charge is 2.34. The Kier molecular flexibility index (Phi) is 7.13. The Morgan fingerprint density at radius 3 is 2.61 bits per heavy atom. The maximum atomic E-state index is 13.9. The molecule has 3 atom stereocenters. The monoisotopic (exact) mass is 478 g/mol. The number of aromatic nitrogens is 3. The third-order valence-corrected chi connectivity index (χ3v) is 7.10. The highest BCUT2D eigenvalue weighted by atomic mass is 32.2. The van der Waals surface area contributed by atoms with Gasteiger partial charge in [-0.25, -0.2) is 21.9 Å². The molecule has 176 valence electrons. The molecule has 2 heterocycles. The van der Waals surface area contributed by atoms with Crippen molar-refractivity contribution in [1.29, 1.82) is 0 Å². The quantitative estimate of drug-likeness (QED) is 0.515. The molecule has 0 saturated carbocycles. The molecule has 2 N–H and O–H groups in total. The Balaban J connectivity index is 1.34. The van der Waals surface area contributed by atoms with Crippen molar-refractivity contribution in [3.63, 3.8) is 0 Å². The van der Waals surface area contributed by atoms with E-state index in [1.807, 2.05) is 0 Å². The van der Waals surface area contributed by atoms with Gasteiger partial charge < -0.3 is 9.84 Å². The molecule has 33 heavy (non-hydrogen) atoms. The fourth-order valence-corrected chi connectivity index (χ4v) is 5.13. The van der Waals surface area contributed by atoms with Gasteiger partial charge in [0.1, 0.15) is 17.3 Å². The fourth-order valence-electron chi connectivity index (χ4n) is 3.84. The number of ether oxygens (including phenoxy) is 1. The number of aryl methyl sites for hydroxylation is 1. The minimum Gasteiger partial charge on any atom is -0.394 e. The van der Waals surface area contributed by atoms with Gasteiger partial charge in [0, 0.05) is 12.1 Å². The summed E-state index contributed by atoms with van der Waals surface area (Å²) in [6, 6.07) is 10.2. The summed E-state index contributed by atoms with van der Waals surface area (Å²) in [6.45, 7) is 0.115. The molecular formula is C22H24F2N4O4S. The van der Waals surface area contributed by atoms with Crippen LogP contribution in [0.3, 0.4) is 0 Å². The molecule has 1 aromatic heterocycles. The van der Waals surface area contributed by atoms with Crippen LogP contribution in [0.5, 0.6) is 0 Å². The van der Waals surface area contributed by atoms with E-state index in [0.29, 0.717) is 37.1 Å². The average Bonchev–Trinajstić information content (AvgIpc) is 3.27. The molecular weight excluding hydrogens is 454 g/mol. The second kappa shape index (κ2) is 10.0. The molecule has 2 aromatic carbocycles. The molecule has 0 spiro atoms. The summed E-state index contributed by atoms with van der Waals surface area (Å²) in [5.74, 6) is -0.903. The zero-order valence-corrected chi connectivity index (χ0v) is 18.5. The first-order valence-electron chi connectivity index (χ1n) is 10.5. The lowest BCUT2D eigenvalue weighted by Crippen LogP contribution is -2.50. The maximum absolute atomic E-state index is 13.9. The van der Waals surface area contributed by atoms with E-state index in [0.717, 1.165) is 12.1 Å². The van der Waals surface area contributed by atoms with Crippen molar-refractivity contribution in [3.8, 4) is 11.3 Å². The first-order chi connectivity index (χ1) is 15.9. The van der Waals surface area contributed by atoms with Crippen LogP contribution in [0.1, 0.15) is 19.3 Å². The van der Waals surface area contributed by atoms with Crippen molar-refractivity contribution in [3.05, 3.63) is 66.4 Å². The van der Waals surface area contributed by atoms with Gasteiger partial charge in [-0.1, -0.05) is 17.3 Å². The topological polar surface area (TPSA) is 106 Å². The smallest absolute Gasteiger partial charge is 0.240 e. The number of halogens is 2. The number of hydrogen-bond acceptors (Lipinski definition) is 6. The Morgan fingerprint density at radius 1 is 1.12 bits per heavy atom. The normalized spacial score (nSPS) is 21.2. The summed E-state index contributed by atoms with van der Waals surface area (Å²) in [4.78, 5) is -0.0560. The molecule has 0 bridgehead atoms.